The molecule has 0 aliphatic carbocycles. The maximum atomic E-state index is 11.9. The van der Waals surface area contributed by atoms with Gasteiger partial charge in [0.2, 0.25) is 6.10 Å². The first-order valence-electron chi connectivity index (χ1n) is 7.35. The number of rotatable bonds is 5. The van der Waals surface area contributed by atoms with Crippen LogP contribution in [0.3, 0.4) is 0 Å². The zero-order valence-corrected chi connectivity index (χ0v) is 15.2. The van der Waals surface area contributed by atoms with Gasteiger partial charge < -0.3 is 9.47 Å². The molecule has 0 unspecified atom stereocenters. The standard InChI is InChI=1S/C16H15BrN2O4S/c1-10-8-13(15(21)22-10)23-14(20)9-24-16-18-6-7-19(16)12-4-2-11(17)3-5-12/h2-7,10,13H,8-9H2,1H3/t10-,13-/m1/s1. The quantitative estimate of drug-likeness (QED) is 0.557. The summed E-state index contributed by atoms with van der Waals surface area (Å²) in [5, 5.41) is 0.677. The molecule has 8 heteroatoms. The highest BCUT2D eigenvalue weighted by Gasteiger charge is 2.34. The van der Waals surface area contributed by atoms with Crippen LogP contribution >= 0.6 is 27.7 Å². The van der Waals surface area contributed by atoms with Gasteiger partial charge in [0.05, 0.1) is 5.75 Å². The Kier molecular flexibility index (Phi) is 5.25. The number of ether oxygens (including phenoxy) is 2. The van der Waals surface area contributed by atoms with E-state index < -0.39 is 18.0 Å². The number of carbonyl (C=O) groups is 2. The summed E-state index contributed by atoms with van der Waals surface area (Å²) >= 11 is 4.66. The van der Waals surface area contributed by atoms with E-state index in [2.05, 4.69) is 20.9 Å². The van der Waals surface area contributed by atoms with Gasteiger partial charge in [0, 0.05) is 29.0 Å². The van der Waals surface area contributed by atoms with E-state index in [1.807, 2.05) is 35.0 Å². The van der Waals surface area contributed by atoms with Crippen molar-refractivity contribution in [3.05, 3.63) is 41.1 Å². The van der Waals surface area contributed by atoms with Gasteiger partial charge in [-0.05, 0) is 31.2 Å². The number of hydrogen-bond donors (Lipinski definition) is 0. The van der Waals surface area contributed by atoms with Crippen LogP contribution in [0.4, 0.5) is 0 Å². The number of cyclic esters (lactones) is 1. The number of benzene rings is 1. The molecular weight excluding hydrogens is 396 g/mol. The predicted octanol–water partition coefficient (Wildman–Crippen LogP) is 2.97. The molecule has 1 aromatic carbocycles. The minimum atomic E-state index is -0.792. The van der Waals surface area contributed by atoms with Crippen LogP contribution in [-0.2, 0) is 19.1 Å². The number of imidazole rings is 1. The van der Waals surface area contributed by atoms with E-state index in [4.69, 9.17) is 9.47 Å². The smallest absolute Gasteiger partial charge is 0.347 e. The van der Waals surface area contributed by atoms with Crippen LogP contribution in [-0.4, -0.2) is 39.5 Å². The van der Waals surface area contributed by atoms with Crippen LogP contribution in [0.2, 0.25) is 0 Å². The first kappa shape index (κ1) is 17.0. The maximum Gasteiger partial charge on any atom is 0.347 e. The van der Waals surface area contributed by atoms with Crippen LogP contribution in [0.1, 0.15) is 13.3 Å². The summed E-state index contributed by atoms with van der Waals surface area (Å²) in [4.78, 5) is 27.7. The minimum Gasteiger partial charge on any atom is -0.460 e. The maximum absolute atomic E-state index is 11.9. The molecule has 1 aliphatic heterocycles. The molecule has 0 spiro atoms. The molecule has 6 nitrogen and oxygen atoms in total. The SMILES string of the molecule is C[C@@H]1C[C@@H](OC(=O)CSc2nccn2-c2ccc(Br)cc2)C(=O)O1. The van der Waals surface area contributed by atoms with Gasteiger partial charge in [0.25, 0.3) is 0 Å². The van der Waals surface area contributed by atoms with Crippen molar-refractivity contribution in [1.29, 1.82) is 0 Å². The summed E-state index contributed by atoms with van der Waals surface area (Å²) in [6.07, 6.45) is 2.90. The van der Waals surface area contributed by atoms with Crippen molar-refractivity contribution in [3.8, 4) is 5.69 Å². The van der Waals surface area contributed by atoms with Crippen molar-refractivity contribution in [2.45, 2.75) is 30.7 Å². The van der Waals surface area contributed by atoms with Crippen molar-refractivity contribution in [2.75, 3.05) is 5.75 Å². The molecule has 1 saturated heterocycles. The van der Waals surface area contributed by atoms with Gasteiger partial charge in [-0.25, -0.2) is 9.78 Å². The lowest BCUT2D eigenvalue weighted by Gasteiger charge is -2.09. The van der Waals surface area contributed by atoms with Crippen LogP contribution in [0, 0.1) is 0 Å². The third-order valence-corrected chi connectivity index (χ3v) is 4.90. The Bertz CT molecular complexity index is 747. The molecule has 1 fully saturated rings. The second-order valence-corrected chi connectivity index (χ2v) is 7.16. The number of esters is 2. The molecule has 126 valence electrons. The average molecular weight is 411 g/mol. The lowest BCUT2D eigenvalue weighted by Crippen LogP contribution is -2.23. The molecule has 1 aromatic heterocycles. The summed E-state index contributed by atoms with van der Waals surface area (Å²) in [5.74, 6) is -0.857. The van der Waals surface area contributed by atoms with E-state index in [0.717, 1.165) is 10.2 Å². The molecule has 1 aliphatic rings. The Balaban J connectivity index is 1.59. The monoisotopic (exact) mass is 410 g/mol. The van der Waals surface area contributed by atoms with Crippen molar-refractivity contribution >= 4 is 39.6 Å². The Hall–Kier alpha value is -1.80. The van der Waals surface area contributed by atoms with Crippen LogP contribution in [0.5, 0.6) is 0 Å². The summed E-state index contributed by atoms with van der Waals surface area (Å²) in [6, 6.07) is 7.77. The molecule has 2 aromatic rings. The first-order chi connectivity index (χ1) is 11.5. The molecule has 2 atom stereocenters. The lowest BCUT2D eigenvalue weighted by atomic mass is 10.2. The van der Waals surface area contributed by atoms with E-state index in [1.54, 1.807) is 13.1 Å². The fraction of sp³-hybridized carbons (Fsp3) is 0.312. The molecule has 0 N–H and O–H groups in total. The average Bonchev–Trinajstić information content (AvgIpc) is 3.13. The minimum absolute atomic E-state index is 0.0751. The van der Waals surface area contributed by atoms with E-state index in [1.165, 1.54) is 11.8 Å². The Labute approximate surface area is 151 Å². The second-order valence-electron chi connectivity index (χ2n) is 5.31. The summed E-state index contributed by atoms with van der Waals surface area (Å²) < 4.78 is 13.0. The van der Waals surface area contributed by atoms with Crippen molar-refractivity contribution in [3.63, 3.8) is 0 Å². The number of halogens is 1. The summed E-state index contributed by atoms with van der Waals surface area (Å²) in [5.41, 5.74) is 0.944. The van der Waals surface area contributed by atoms with Gasteiger partial charge in [0.1, 0.15) is 6.10 Å². The highest BCUT2D eigenvalue weighted by molar-refractivity contribution is 9.10. The molecule has 24 heavy (non-hydrogen) atoms. The molecule has 3 rings (SSSR count). The van der Waals surface area contributed by atoms with Gasteiger partial charge in [-0.3, -0.25) is 9.36 Å². The number of aromatic nitrogens is 2. The highest BCUT2D eigenvalue weighted by atomic mass is 79.9. The van der Waals surface area contributed by atoms with Crippen molar-refractivity contribution in [1.82, 2.24) is 9.55 Å². The molecule has 2 heterocycles. The zero-order chi connectivity index (χ0) is 17.1. The first-order valence-corrected chi connectivity index (χ1v) is 9.13. The summed E-state index contributed by atoms with van der Waals surface area (Å²) in [6.45, 7) is 1.77. The molecule has 0 radical (unpaired) electrons. The molecular formula is C16H15BrN2O4S. The van der Waals surface area contributed by atoms with E-state index in [0.29, 0.717) is 11.6 Å². The Morgan fingerprint density at radius 2 is 2.21 bits per heavy atom. The van der Waals surface area contributed by atoms with Crippen molar-refractivity contribution < 1.29 is 19.1 Å². The van der Waals surface area contributed by atoms with Gasteiger partial charge in [-0.1, -0.05) is 27.7 Å². The van der Waals surface area contributed by atoms with E-state index in [9.17, 15) is 9.59 Å². The van der Waals surface area contributed by atoms with Crippen LogP contribution in [0.25, 0.3) is 5.69 Å². The zero-order valence-electron chi connectivity index (χ0n) is 12.8. The highest BCUT2D eigenvalue weighted by Crippen LogP contribution is 2.23. The van der Waals surface area contributed by atoms with E-state index in [-0.39, 0.29) is 11.9 Å². The molecule has 0 saturated carbocycles. The van der Waals surface area contributed by atoms with Gasteiger partial charge >= 0.3 is 11.9 Å². The van der Waals surface area contributed by atoms with Crippen molar-refractivity contribution in [2.24, 2.45) is 0 Å². The van der Waals surface area contributed by atoms with E-state index >= 15 is 0 Å². The largest absolute Gasteiger partial charge is 0.460 e. The number of carbonyl (C=O) groups excluding carboxylic acids is 2. The predicted molar refractivity (Wildman–Crippen MR) is 92.0 cm³/mol. The number of nitrogens with zero attached hydrogens (tertiary/aromatic N) is 2. The normalized spacial score (nSPS) is 20.0. The fourth-order valence-corrected chi connectivity index (χ4v) is 3.35. The Morgan fingerprint density at radius 3 is 2.88 bits per heavy atom. The Morgan fingerprint density at radius 1 is 1.46 bits per heavy atom. The summed E-state index contributed by atoms with van der Waals surface area (Å²) in [7, 11) is 0. The topological polar surface area (TPSA) is 70.4 Å². The second kappa shape index (κ2) is 7.40. The van der Waals surface area contributed by atoms with Gasteiger partial charge in [0.15, 0.2) is 5.16 Å². The molecule has 0 amide bonds. The third kappa shape index (κ3) is 3.99. The third-order valence-electron chi connectivity index (χ3n) is 3.43. The number of thioether (sulfide) groups is 1. The van der Waals surface area contributed by atoms with Gasteiger partial charge in [-0.15, -0.1) is 0 Å². The lowest BCUT2D eigenvalue weighted by molar-refractivity contribution is -0.159. The molecule has 0 bridgehead atoms. The van der Waals surface area contributed by atoms with Gasteiger partial charge in [-0.2, -0.15) is 0 Å². The van der Waals surface area contributed by atoms with Crippen LogP contribution in [0.15, 0.2) is 46.3 Å². The fourth-order valence-electron chi connectivity index (χ4n) is 2.33. The van der Waals surface area contributed by atoms with Crippen LogP contribution < -0.4 is 0 Å². The number of hydrogen-bond acceptors (Lipinski definition) is 6.